The number of primary amides is 1. The van der Waals surface area contributed by atoms with E-state index in [2.05, 4.69) is 4.72 Å². The van der Waals surface area contributed by atoms with Crippen molar-refractivity contribution in [3.8, 4) is 11.5 Å². The third-order valence-electron chi connectivity index (χ3n) is 4.22. The van der Waals surface area contributed by atoms with Crippen LogP contribution in [0.1, 0.15) is 0 Å². The summed E-state index contributed by atoms with van der Waals surface area (Å²) in [6.45, 7) is 0. The molecule has 8 nitrogen and oxygen atoms in total. The number of nitrogens with zero attached hydrogens (tertiary/aromatic N) is 1. The van der Waals surface area contributed by atoms with E-state index in [9.17, 15) is 18.3 Å². The summed E-state index contributed by atoms with van der Waals surface area (Å²) in [5, 5.41) is 11.1. The van der Waals surface area contributed by atoms with Crippen LogP contribution in [0, 0.1) is 0 Å². The average molecular weight is 482 g/mol. The van der Waals surface area contributed by atoms with Gasteiger partial charge in [-0.3, -0.25) is 9.62 Å². The van der Waals surface area contributed by atoms with Crippen LogP contribution < -0.4 is 20.1 Å². The lowest BCUT2D eigenvalue weighted by Crippen LogP contribution is -2.32. The fourth-order valence-electron chi connectivity index (χ4n) is 2.89. The highest BCUT2D eigenvalue weighted by Gasteiger charge is 2.31. The van der Waals surface area contributed by atoms with Gasteiger partial charge in [-0.2, -0.15) is 0 Å². The number of ether oxygens (including phenoxy) is 1. The molecule has 31 heavy (non-hydrogen) atoms. The first-order chi connectivity index (χ1) is 14.7. The molecule has 0 saturated carbocycles. The summed E-state index contributed by atoms with van der Waals surface area (Å²) < 4.78 is 33.6. The number of sulfonamides is 1. The SMILES string of the molecule is COc1ccc(N(C(N)=O)c2cccc(Cl)c2Cl)c(O)c1S(=O)(=O)Nc1ccccc1. The number of halogens is 2. The highest BCUT2D eigenvalue weighted by Crippen LogP contribution is 2.45. The summed E-state index contributed by atoms with van der Waals surface area (Å²) in [7, 11) is -3.09. The molecule has 0 aliphatic rings. The Morgan fingerprint density at radius 1 is 1.03 bits per heavy atom. The zero-order valence-electron chi connectivity index (χ0n) is 16.0. The Kier molecular flexibility index (Phi) is 6.49. The van der Waals surface area contributed by atoms with Gasteiger partial charge in [0.15, 0.2) is 10.6 Å². The number of phenolic OH excluding ortho intramolecular Hbond substituents is 1. The predicted octanol–water partition coefficient (Wildman–Crippen LogP) is 4.73. The van der Waals surface area contributed by atoms with Crippen molar-refractivity contribution >= 4 is 56.3 Å². The van der Waals surface area contributed by atoms with E-state index in [4.69, 9.17) is 33.7 Å². The number of carbonyl (C=O) groups is 1. The number of hydrogen-bond acceptors (Lipinski definition) is 5. The van der Waals surface area contributed by atoms with Gasteiger partial charge in [0.1, 0.15) is 5.75 Å². The van der Waals surface area contributed by atoms with Gasteiger partial charge in [-0.05, 0) is 36.4 Å². The number of rotatable bonds is 6. The number of aromatic hydroxyl groups is 1. The molecule has 2 amide bonds. The number of carbonyl (C=O) groups excluding carboxylic acids is 1. The van der Waals surface area contributed by atoms with Crippen molar-refractivity contribution in [2.24, 2.45) is 5.73 Å². The number of nitrogens with one attached hydrogen (secondary N) is 1. The van der Waals surface area contributed by atoms with E-state index in [1.807, 2.05) is 0 Å². The second-order valence-electron chi connectivity index (χ2n) is 6.18. The summed E-state index contributed by atoms with van der Waals surface area (Å²) in [6, 6.07) is 14.1. The minimum atomic E-state index is -4.33. The zero-order chi connectivity index (χ0) is 22.8. The number of phenols is 1. The number of anilines is 3. The number of urea groups is 1. The quantitative estimate of drug-likeness (QED) is 0.469. The number of benzene rings is 3. The van der Waals surface area contributed by atoms with Crippen LogP contribution in [0.4, 0.5) is 21.9 Å². The average Bonchev–Trinajstić information content (AvgIpc) is 2.72. The van der Waals surface area contributed by atoms with Crippen LogP contribution >= 0.6 is 23.2 Å². The lowest BCUT2D eigenvalue weighted by atomic mass is 10.2. The molecule has 0 spiro atoms. The molecule has 0 aromatic heterocycles. The zero-order valence-corrected chi connectivity index (χ0v) is 18.4. The molecule has 0 aliphatic heterocycles. The van der Waals surface area contributed by atoms with E-state index in [0.29, 0.717) is 0 Å². The third-order valence-corrected chi connectivity index (χ3v) is 6.47. The molecule has 4 N–H and O–H groups in total. The van der Waals surface area contributed by atoms with Crippen LogP contribution in [-0.2, 0) is 10.0 Å². The number of amides is 2. The number of para-hydroxylation sites is 1. The van der Waals surface area contributed by atoms with Gasteiger partial charge in [0.25, 0.3) is 10.0 Å². The molecule has 0 unspecified atom stereocenters. The molecule has 162 valence electrons. The normalized spacial score (nSPS) is 11.1. The Bertz CT molecular complexity index is 1240. The Hall–Kier alpha value is -3.14. The van der Waals surface area contributed by atoms with Gasteiger partial charge in [-0.15, -0.1) is 0 Å². The molecule has 0 fully saturated rings. The lowest BCUT2D eigenvalue weighted by Gasteiger charge is -2.24. The van der Waals surface area contributed by atoms with Gasteiger partial charge >= 0.3 is 6.03 Å². The maximum Gasteiger partial charge on any atom is 0.324 e. The van der Waals surface area contributed by atoms with Crippen molar-refractivity contribution in [3.05, 3.63) is 70.7 Å². The summed E-state index contributed by atoms with van der Waals surface area (Å²) >= 11 is 12.2. The molecule has 3 aromatic rings. The van der Waals surface area contributed by atoms with E-state index in [0.717, 1.165) is 4.90 Å². The minimum Gasteiger partial charge on any atom is -0.504 e. The molecule has 0 bridgehead atoms. The van der Waals surface area contributed by atoms with Crippen LogP contribution in [0.2, 0.25) is 10.0 Å². The van der Waals surface area contributed by atoms with Gasteiger partial charge in [0.05, 0.1) is 28.5 Å². The molecule has 0 atom stereocenters. The Balaban J connectivity index is 2.21. The number of methoxy groups -OCH3 is 1. The summed E-state index contributed by atoms with van der Waals surface area (Å²) in [5.74, 6) is -0.913. The van der Waals surface area contributed by atoms with Crippen LogP contribution in [0.25, 0.3) is 0 Å². The monoisotopic (exact) mass is 481 g/mol. The van der Waals surface area contributed by atoms with Gasteiger partial charge in [0, 0.05) is 5.69 Å². The first-order valence-corrected chi connectivity index (χ1v) is 10.9. The number of nitrogens with two attached hydrogens (primary N) is 1. The molecule has 0 saturated heterocycles. The van der Waals surface area contributed by atoms with Gasteiger partial charge in [0.2, 0.25) is 0 Å². The molecular formula is C20H17Cl2N3O5S. The first-order valence-electron chi connectivity index (χ1n) is 8.68. The molecule has 3 aromatic carbocycles. The maximum absolute atomic E-state index is 13.1. The van der Waals surface area contributed by atoms with Crippen LogP contribution in [0.3, 0.4) is 0 Å². The second kappa shape index (κ2) is 8.93. The van der Waals surface area contributed by atoms with E-state index in [-0.39, 0.29) is 32.9 Å². The van der Waals surface area contributed by atoms with Crippen molar-refractivity contribution in [2.75, 3.05) is 16.7 Å². The molecule has 3 rings (SSSR count). The van der Waals surface area contributed by atoms with Gasteiger partial charge < -0.3 is 15.6 Å². The Morgan fingerprint density at radius 2 is 1.71 bits per heavy atom. The summed E-state index contributed by atoms with van der Waals surface area (Å²) in [4.78, 5) is 12.5. The maximum atomic E-state index is 13.1. The van der Waals surface area contributed by atoms with Gasteiger partial charge in [-0.25, -0.2) is 13.2 Å². The highest BCUT2D eigenvalue weighted by atomic mass is 35.5. The molecule has 0 heterocycles. The molecule has 0 aliphatic carbocycles. The summed E-state index contributed by atoms with van der Waals surface area (Å²) in [6.07, 6.45) is 0. The van der Waals surface area contributed by atoms with E-state index in [1.54, 1.807) is 18.2 Å². The van der Waals surface area contributed by atoms with Crippen LogP contribution in [-0.4, -0.2) is 26.7 Å². The highest BCUT2D eigenvalue weighted by molar-refractivity contribution is 7.93. The van der Waals surface area contributed by atoms with E-state index >= 15 is 0 Å². The third kappa shape index (κ3) is 4.48. The standard InChI is InChI=1S/C20H17Cl2N3O5S/c1-30-16-11-10-15(25(20(23)27)14-9-5-8-13(21)17(14)22)18(26)19(16)31(28,29)24-12-6-3-2-4-7-12/h2-11,24,26H,1H3,(H2,23,27). The van der Waals surface area contributed by atoms with Crippen molar-refractivity contribution in [3.63, 3.8) is 0 Å². The van der Waals surface area contributed by atoms with Crippen LogP contribution in [0.5, 0.6) is 11.5 Å². The first kappa shape index (κ1) is 22.5. The number of hydrogen-bond donors (Lipinski definition) is 3. The van der Waals surface area contributed by atoms with Crippen LogP contribution in [0.15, 0.2) is 65.6 Å². The van der Waals surface area contributed by atoms with E-state index in [1.165, 1.54) is 49.6 Å². The molecular weight excluding hydrogens is 465 g/mol. The largest absolute Gasteiger partial charge is 0.504 e. The summed E-state index contributed by atoms with van der Waals surface area (Å²) in [5.41, 5.74) is 5.61. The van der Waals surface area contributed by atoms with E-state index < -0.39 is 26.7 Å². The Labute approximate surface area is 188 Å². The van der Waals surface area contributed by atoms with Gasteiger partial charge in [-0.1, -0.05) is 47.5 Å². The second-order valence-corrected chi connectivity index (χ2v) is 8.59. The molecule has 0 radical (unpaired) electrons. The smallest absolute Gasteiger partial charge is 0.324 e. The Morgan fingerprint density at radius 3 is 2.32 bits per heavy atom. The minimum absolute atomic E-state index is 0.00926. The predicted molar refractivity (Wildman–Crippen MR) is 120 cm³/mol. The fraction of sp³-hybridized carbons (Fsp3) is 0.0500. The van der Waals surface area contributed by atoms with Crippen molar-refractivity contribution in [1.82, 2.24) is 0 Å². The topological polar surface area (TPSA) is 122 Å². The lowest BCUT2D eigenvalue weighted by molar-refractivity contribution is 0.256. The van der Waals surface area contributed by atoms with Crippen molar-refractivity contribution in [1.29, 1.82) is 0 Å². The fourth-order valence-corrected chi connectivity index (χ4v) is 4.59. The molecule has 11 heteroatoms. The van der Waals surface area contributed by atoms with Crippen molar-refractivity contribution in [2.45, 2.75) is 4.90 Å². The van der Waals surface area contributed by atoms with Crippen molar-refractivity contribution < 1.29 is 23.1 Å².